The number of hydrogen-bond donors (Lipinski definition) is 3. The highest BCUT2D eigenvalue weighted by atomic mass is 16.3. The number of carbonyl (C=O) groups is 1. The van der Waals surface area contributed by atoms with Gasteiger partial charge in [0.2, 0.25) is 5.91 Å². The summed E-state index contributed by atoms with van der Waals surface area (Å²) < 4.78 is 0. The summed E-state index contributed by atoms with van der Waals surface area (Å²) in [6, 6.07) is -0.532. The van der Waals surface area contributed by atoms with E-state index in [2.05, 4.69) is 19.2 Å². The lowest BCUT2D eigenvalue weighted by atomic mass is 10.0. The van der Waals surface area contributed by atoms with Crippen LogP contribution < -0.4 is 5.32 Å². The minimum atomic E-state index is -0.655. The van der Waals surface area contributed by atoms with E-state index in [1.165, 1.54) is 360 Å². The van der Waals surface area contributed by atoms with Crippen molar-refractivity contribution in [2.24, 2.45) is 0 Å². The Balaban J connectivity index is 3.31. The zero-order chi connectivity index (χ0) is 52.0. The van der Waals surface area contributed by atoms with Crippen molar-refractivity contribution in [3.05, 3.63) is 0 Å². The van der Waals surface area contributed by atoms with E-state index < -0.39 is 12.1 Å². The predicted octanol–water partition coefficient (Wildman–Crippen LogP) is 23.1. The fourth-order valence-corrected chi connectivity index (χ4v) is 11.4. The van der Waals surface area contributed by atoms with E-state index in [0.717, 1.165) is 25.7 Å². The van der Waals surface area contributed by atoms with Gasteiger partial charge in [-0.05, 0) is 12.8 Å². The molecule has 0 aliphatic rings. The highest BCUT2D eigenvalue weighted by Gasteiger charge is 2.20. The third kappa shape index (κ3) is 60.3. The van der Waals surface area contributed by atoms with E-state index in [0.29, 0.717) is 12.8 Å². The van der Waals surface area contributed by atoms with Gasteiger partial charge in [-0.1, -0.05) is 393 Å². The summed E-state index contributed by atoms with van der Waals surface area (Å²) in [6.07, 6.45) is 84.5. The number of nitrogens with one attached hydrogen (secondary N) is 1. The molecule has 0 radical (unpaired) electrons. The highest BCUT2D eigenvalue weighted by molar-refractivity contribution is 5.76. The second-order valence-corrected chi connectivity index (χ2v) is 24.0. The fourth-order valence-electron chi connectivity index (χ4n) is 11.4. The van der Waals surface area contributed by atoms with Crippen LogP contribution in [0.3, 0.4) is 0 Å². The van der Waals surface area contributed by atoms with Crippen LogP contribution in [0.1, 0.15) is 412 Å². The first kappa shape index (κ1) is 71.4. The van der Waals surface area contributed by atoms with Gasteiger partial charge in [0.25, 0.3) is 0 Å². The largest absolute Gasteiger partial charge is 0.394 e. The lowest BCUT2D eigenvalue weighted by Gasteiger charge is -2.22. The topological polar surface area (TPSA) is 69.6 Å². The monoisotopic (exact) mass is 1020 g/mol. The fraction of sp³-hybridized carbons (Fsp3) is 0.985. The van der Waals surface area contributed by atoms with Crippen LogP contribution in [-0.2, 0) is 4.79 Å². The molecule has 432 valence electrons. The van der Waals surface area contributed by atoms with Crippen molar-refractivity contribution >= 4 is 5.91 Å². The van der Waals surface area contributed by atoms with Gasteiger partial charge in [0.1, 0.15) is 0 Å². The van der Waals surface area contributed by atoms with Crippen LogP contribution in [0.25, 0.3) is 0 Å². The number of hydrogen-bond acceptors (Lipinski definition) is 3. The van der Waals surface area contributed by atoms with Crippen LogP contribution in [0, 0.1) is 0 Å². The molecule has 0 aliphatic heterocycles. The minimum Gasteiger partial charge on any atom is -0.394 e. The molecule has 4 heteroatoms. The van der Waals surface area contributed by atoms with E-state index in [9.17, 15) is 15.0 Å². The summed E-state index contributed by atoms with van der Waals surface area (Å²) in [7, 11) is 0. The predicted molar refractivity (Wildman–Crippen MR) is 323 cm³/mol. The molecule has 0 aliphatic carbocycles. The van der Waals surface area contributed by atoms with Crippen molar-refractivity contribution < 1.29 is 15.0 Å². The van der Waals surface area contributed by atoms with Crippen LogP contribution in [0.4, 0.5) is 0 Å². The van der Waals surface area contributed by atoms with Gasteiger partial charge in [0.15, 0.2) is 0 Å². The van der Waals surface area contributed by atoms with Gasteiger partial charge in [0, 0.05) is 6.42 Å². The Labute approximate surface area is 454 Å². The SMILES string of the molecule is CCCCCCCCCCCCCCCCCCCCCCCCCCCCCCCCCCCCCCCCCCCC(=O)NC(CO)C(O)CCCCCCCCCCCCCCCCCCCCC. The number of amides is 1. The number of unbranched alkanes of at least 4 members (excludes halogenated alkanes) is 58. The van der Waals surface area contributed by atoms with E-state index in [1.54, 1.807) is 0 Å². The Bertz CT molecular complexity index is 971. The van der Waals surface area contributed by atoms with Gasteiger partial charge >= 0.3 is 0 Å². The molecule has 0 fully saturated rings. The van der Waals surface area contributed by atoms with E-state index in [-0.39, 0.29) is 12.5 Å². The molecule has 0 bridgehead atoms. The summed E-state index contributed by atoms with van der Waals surface area (Å²) >= 11 is 0. The molecule has 72 heavy (non-hydrogen) atoms. The molecule has 4 nitrogen and oxygen atoms in total. The van der Waals surface area contributed by atoms with Crippen molar-refractivity contribution in [1.82, 2.24) is 5.32 Å². The molecule has 0 aromatic rings. The molecule has 0 saturated heterocycles. The highest BCUT2D eigenvalue weighted by Crippen LogP contribution is 2.20. The Morgan fingerprint density at radius 1 is 0.278 bits per heavy atom. The van der Waals surface area contributed by atoms with Gasteiger partial charge in [-0.3, -0.25) is 4.79 Å². The first-order valence-electron chi connectivity index (χ1n) is 34.2. The third-order valence-corrected chi connectivity index (χ3v) is 16.6. The lowest BCUT2D eigenvalue weighted by Crippen LogP contribution is -2.45. The Kier molecular flexibility index (Phi) is 64.1. The molecule has 2 atom stereocenters. The molecule has 0 rings (SSSR count). The molecule has 1 amide bonds. The average molecular weight is 1020 g/mol. The van der Waals surface area contributed by atoms with Crippen LogP contribution in [0.15, 0.2) is 0 Å². The number of carbonyl (C=O) groups excluding carboxylic acids is 1. The van der Waals surface area contributed by atoms with Crippen molar-refractivity contribution in [2.75, 3.05) is 6.61 Å². The minimum absolute atomic E-state index is 0.0203. The lowest BCUT2D eigenvalue weighted by molar-refractivity contribution is -0.123. The maximum absolute atomic E-state index is 12.5. The normalized spacial score (nSPS) is 12.6. The molecular weight excluding hydrogens is 879 g/mol. The summed E-state index contributed by atoms with van der Waals surface area (Å²) in [6.45, 7) is 4.41. The number of aliphatic hydroxyl groups is 2. The summed E-state index contributed by atoms with van der Waals surface area (Å²) in [4.78, 5) is 12.5. The van der Waals surface area contributed by atoms with Gasteiger partial charge in [-0.25, -0.2) is 0 Å². The van der Waals surface area contributed by atoms with E-state index >= 15 is 0 Å². The molecule has 0 heterocycles. The second kappa shape index (κ2) is 64.7. The van der Waals surface area contributed by atoms with E-state index in [1.807, 2.05) is 0 Å². The smallest absolute Gasteiger partial charge is 0.220 e. The van der Waals surface area contributed by atoms with Crippen LogP contribution >= 0.6 is 0 Å². The first-order chi connectivity index (χ1) is 35.7. The zero-order valence-electron chi connectivity index (χ0n) is 50.0. The standard InChI is InChI=1S/C68H137NO3/c1-3-5-7-9-11-13-15-17-19-21-23-24-25-26-27-28-29-30-31-32-33-34-35-36-37-38-39-40-41-42-43-44-46-48-50-52-54-56-58-60-62-64-68(72)69-66(65-70)67(71)63-61-59-57-55-53-51-49-47-45-22-20-18-16-14-12-10-8-6-4-2/h66-67,70-71H,3-65H2,1-2H3,(H,69,72). The van der Waals surface area contributed by atoms with Crippen molar-refractivity contribution in [2.45, 2.75) is 424 Å². The molecule has 0 aromatic carbocycles. The first-order valence-corrected chi connectivity index (χ1v) is 34.2. The Morgan fingerprint density at radius 2 is 0.444 bits per heavy atom. The Hall–Kier alpha value is -0.610. The molecule has 0 aromatic heterocycles. The zero-order valence-corrected chi connectivity index (χ0v) is 50.0. The van der Waals surface area contributed by atoms with Crippen molar-refractivity contribution in [3.8, 4) is 0 Å². The van der Waals surface area contributed by atoms with Crippen LogP contribution in [0.2, 0.25) is 0 Å². The van der Waals surface area contributed by atoms with E-state index in [4.69, 9.17) is 0 Å². The number of rotatable bonds is 65. The van der Waals surface area contributed by atoms with Gasteiger partial charge in [-0.15, -0.1) is 0 Å². The Morgan fingerprint density at radius 3 is 0.625 bits per heavy atom. The van der Waals surface area contributed by atoms with Crippen molar-refractivity contribution in [1.29, 1.82) is 0 Å². The molecule has 0 saturated carbocycles. The van der Waals surface area contributed by atoms with Gasteiger partial charge in [0.05, 0.1) is 18.8 Å². The third-order valence-electron chi connectivity index (χ3n) is 16.6. The quantitative estimate of drug-likeness (QED) is 0.0532. The molecule has 3 N–H and O–H groups in total. The maximum Gasteiger partial charge on any atom is 0.220 e. The van der Waals surface area contributed by atoms with Crippen LogP contribution in [0.5, 0.6) is 0 Å². The summed E-state index contributed by atoms with van der Waals surface area (Å²) in [5.41, 5.74) is 0. The second-order valence-electron chi connectivity index (χ2n) is 24.0. The van der Waals surface area contributed by atoms with Crippen LogP contribution in [-0.4, -0.2) is 34.9 Å². The summed E-state index contributed by atoms with van der Waals surface area (Å²) in [5.74, 6) is -0.0203. The molecule has 0 spiro atoms. The average Bonchev–Trinajstić information content (AvgIpc) is 3.39. The molecular formula is C68H137NO3. The van der Waals surface area contributed by atoms with Gasteiger partial charge < -0.3 is 15.5 Å². The van der Waals surface area contributed by atoms with Gasteiger partial charge in [-0.2, -0.15) is 0 Å². The van der Waals surface area contributed by atoms with Crippen molar-refractivity contribution in [3.63, 3.8) is 0 Å². The molecule has 2 unspecified atom stereocenters. The number of aliphatic hydroxyl groups excluding tert-OH is 2. The summed E-state index contributed by atoms with van der Waals surface area (Å²) in [5, 5.41) is 23.4. The maximum atomic E-state index is 12.5.